The first-order valence-corrected chi connectivity index (χ1v) is 7.90. The smallest absolute Gasteiger partial charge is 0.355 e. The Hall–Kier alpha value is -2.00. The summed E-state index contributed by atoms with van der Waals surface area (Å²) in [6.45, 7) is 2.75. The molecule has 0 saturated carbocycles. The van der Waals surface area contributed by atoms with Gasteiger partial charge in [0, 0.05) is 23.2 Å². The zero-order valence-corrected chi connectivity index (χ0v) is 12.9. The van der Waals surface area contributed by atoms with Crippen LogP contribution in [-0.2, 0) is 13.0 Å². The van der Waals surface area contributed by atoms with Crippen LogP contribution in [0.3, 0.4) is 0 Å². The Morgan fingerprint density at radius 1 is 1.33 bits per heavy atom. The monoisotopic (exact) mass is 326 g/mol. The molecule has 2 aromatic heterocycles. The lowest BCUT2D eigenvalue weighted by molar-refractivity contribution is 0.0691. The van der Waals surface area contributed by atoms with Gasteiger partial charge in [0.15, 0.2) is 5.69 Å². The summed E-state index contributed by atoms with van der Waals surface area (Å²) in [6.07, 6.45) is 0.505. The van der Waals surface area contributed by atoms with Gasteiger partial charge in [0.05, 0.1) is 22.8 Å². The van der Waals surface area contributed by atoms with Gasteiger partial charge in [0.1, 0.15) is 0 Å². The fourth-order valence-corrected chi connectivity index (χ4v) is 3.01. The SMILES string of the molecule is Cc1ncsc1CNC(=O)NCCc1nc(C(=O)O)cs1. The normalized spacial score (nSPS) is 10.3. The standard InChI is InChI=1S/C12H14N4O3S2/c1-7-9(21-6-15-7)4-14-12(19)13-3-2-10-16-8(5-20-10)11(17)18/h5-6H,2-4H2,1H3,(H,17,18)(H2,13,14,19). The second kappa shape index (κ2) is 7.14. The average Bonchev–Trinajstić information content (AvgIpc) is 3.06. The number of aryl methyl sites for hydroxylation is 1. The van der Waals surface area contributed by atoms with Crippen molar-refractivity contribution in [1.29, 1.82) is 0 Å². The van der Waals surface area contributed by atoms with Gasteiger partial charge in [-0.3, -0.25) is 0 Å². The number of nitrogens with one attached hydrogen (secondary N) is 2. The lowest BCUT2D eigenvalue weighted by Gasteiger charge is -2.06. The van der Waals surface area contributed by atoms with Crippen molar-refractivity contribution in [2.75, 3.05) is 6.54 Å². The molecule has 0 aliphatic carbocycles. The van der Waals surface area contributed by atoms with Crippen LogP contribution in [0.15, 0.2) is 10.9 Å². The number of carbonyl (C=O) groups excluding carboxylic acids is 1. The Labute approximate surface area is 129 Å². The van der Waals surface area contributed by atoms with E-state index < -0.39 is 5.97 Å². The fourth-order valence-electron chi connectivity index (χ4n) is 1.53. The van der Waals surface area contributed by atoms with E-state index in [0.29, 0.717) is 24.5 Å². The van der Waals surface area contributed by atoms with Gasteiger partial charge in [-0.05, 0) is 6.92 Å². The van der Waals surface area contributed by atoms with Crippen LogP contribution in [0.5, 0.6) is 0 Å². The molecule has 0 atom stereocenters. The van der Waals surface area contributed by atoms with Crippen molar-refractivity contribution >= 4 is 34.7 Å². The molecule has 0 saturated heterocycles. The zero-order valence-electron chi connectivity index (χ0n) is 11.3. The number of carbonyl (C=O) groups is 2. The maximum atomic E-state index is 11.6. The first-order chi connectivity index (χ1) is 10.1. The summed E-state index contributed by atoms with van der Waals surface area (Å²) in [4.78, 5) is 31.4. The molecule has 0 radical (unpaired) electrons. The minimum absolute atomic E-state index is 0.0418. The molecule has 2 amide bonds. The largest absolute Gasteiger partial charge is 0.476 e. The molecule has 0 aromatic carbocycles. The van der Waals surface area contributed by atoms with Gasteiger partial charge >= 0.3 is 12.0 Å². The molecule has 0 unspecified atom stereocenters. The minimum atomic E-state index is -1.04. The summed E-state index contributed by atoms with van der Waals surface area (Å²) in [5, 5.41) is 16.4. The molecule has 9 heteroatoms. The molecule has 0 aliphatic heterocycles. The summed E-state index contributed by atoms with van der Waals surface area (Å²) >= 11 is 2.77. The van der Waals surface area contributed by atoms with E-state index in [0.717, 1.165) is 10.6 Å². The molecule has 0 bridgehead atoms. The lowest BCUT2D eigenvalue weighted by atomic mass is 10.4. The van der Waals surface area contributed by atoms with Gasteiger partial charge in [-0.25, -0.2) is 19.6 Å². The summed E-state index contributed by atoms with van der Waals surface area (Å²) in [5.41, 5.74) is 2.71. The number of urea groups is 1. The highest BCUT2D eigenvalue weighted by molar-refractivity contribution is 7.10. The molecule has 3 N–H and O–H groups in total. The second-order valence-corrected chi connectivity index (χ2v) is 6.03. The van der Waals surface area contributed by atoms with Crippen molar-refractivity contribution in [3.05, 3.63) is 32.2 Å². The number of nitrogens with zero attached hydrogens (tertiary/aromatic N) is 2. The zero-order chi connectivity index (χ0) is 15.2. The number of aromatic nitrogens is 2. The van der Waals surface area contributed by atoms with Gasteiger partial charge in [-0.15, -0.1) is 22.7 Å². The van der Waals surface area contributed by atoms with E-state index in [-0.39, 0.29) is 11.7 Å². The van der Waals surface area contributed by atoms with Gasteiger partial charge in [0.25, 0.3) is 0 Å². The van der Waals surface area contributed by atoms with Gasteiger partial charge < -0.3 is 15.7 Å². The number of carboxylic acid groups (broad SMARTS) is 1. The van der Waals surface area contributed by atoms with Crippen LogP contribution in [0.1, 0.15) is 26.1 Å². The Morgan fingerprint density at radius 3 is 2.76 bits per heavy atom. The van der Waals surface area contributed by atoms with E-state index in [1.165, 1.54) is 28.1 Å². The number of carboxylic acids is 1. The Bertz CT molecular complexity index is 638. The molecular formula is C12H14N4O3S2. The highest BCUT2D eigenvalue weighted by Gasteiger charge is 2.09. The molecular weight excluding hydrogens is 312 g/mol. The summed E-state index contributed by atoms with van der Waals surface area (Å²) in [7, 11) is 0. The third kappa shape index (κ3) is 4.50. The number of rotatable bonds is 6. The molecule has 112 valence electrons. The molecule has 0 fully saturated rings. The highest BCUT2D eigenvalue weighted by Crippen LogP contribution is 2.11. The highest BCUT2D eigenvalue weighted by atomic mass is 32.1. The molecule has 0 aliphatic rings. The maximum Gasteiger partial charge on any atom is 0.355 e. The van der Waals surface area contributed by atoms with Crippen LogP contribution < -0.4 is 10.6 Å². The number of aromatic carboxylic acids is 1. The van der Waals surface area contributed by atoms with Gasteiger partial charge in [-0.1, -0.05) is 0 Å². The van der Waals surface area contributed by atoms with E-state index in [4.69, 9.17) is 5.11 Å². The molecule has 2 heterocycles. The molecule has 7 nitrogen and oxygen atoms in total. The van der Waals surface area contributed by atoms with Crippen molar-refractivity contribution in [3.63, 3.8) is 0 Å². The Morgan fingerprint density at radius 2 is 2.14 bits per heavy atom. The second-order valence-electron chi connectivity index (χ2n) is 4.15. The number of amides is 2. The molecule has 21 heavy (non-hydrogen) atoms. The van der Waals surface area contributed by atoms with Crippen LogP contribution in [0.25, 0.3) is 0 Å². The molecule has 2 aromatic rings. The Balaban J connectivity index is 1.69. The third-order valence-corrected chi connectivity index (χ3v) is 4.49. The van der Waals surface area contributed by atoms with Gasteiger partial charge in [0.2, 0.25) is 0 Å². The number of hydrogen-bond acceptors (Lipinski definition) is 6. The van der Waals surface area contributed by atoms with Crippen LogP contribution >= 0.6 is 22.7 Å². The van der Waals surface area contributed by atoms with Crippen LogP contribution in [0, 0.1) is 6.92 Å². The van der Waals surface area contributed by atoms with Crippen molar-refractivity contribution in [1.82, 2.24) is 20.6 Å². The van der Waals surface area contributed by atoms with E-state index >= 15 is 0 Å². The lowest BCUT2D eigenvalue weighted by Crippen LogP contribution is -2.36. The van der Waals surface area contributed by atoms with E-state index in [1.807, 2.05) is 6.92 Å². The maximum absolute atomic E-state index is 11.6. The van der Waals surface area contributed by atoms with Crippen molar-refractivity contribution < 1.29 is 14.7 Å². The van der Waals surface area contributed by atoms with Crippen molar-refractivity contribution in [2.45, 2.75) is 19.9 Å². The summed E-state index contributed by atoms with van der Waals surface area (Å²) in [5.74, 6) is -1.04. The number of hydrogen-bond donors (Lipinski definition) is 3. The predicted molar refractivity (Wildman–Crippen MR) is 79.9 cm³/mol. The summed E-state index contributed by atoms with van der Waals surface area (Å²) < 4.78 is 0. The minimum Gasteiger partial charge on any atom is -0.476 e. The van der Waals surface area contributed by atoms with E-state index in [1.54, 1.807) is 5.51 Å². The average molecular weight is 326 g/mol. The summed E-state index contributed by atoms with van der Waals surface area (Å²) in [6, 6.07) is -0.266. The third-order valence-electron chi connectivity index (χ3n) is 2.65. The Kier molecular flexibility index (Phi) is 5.23. The van der Waals surface area contributed by atoms with Crippen LogP contribution in [0.2, 0.25) is 0 Å². The van der Waals surface area contributed by atoms with E-state index in [9.17, 15) is 9.59 Å². The van der Waals surface area contributed by atoms with Gasteiger partial charge in [-0.2, -0.15) is 0 Å². The molecule has 2 rings (SSSR count). The fraction of sp³-hybridized carbons (Fsp3) is 0.333. The number of thiazole rings is 2. The van der Waals surface area contributed by atoms with Crippen LogP contribution in [-0.4, -0.2) is 33.6 Å². The quantitative estimate of drug-likeness (QED) is 0.749. The van der Waals surface area contributed by atoms with Crippen molar-refractivity contribution in [2.24, 2.45) is 0 Å². The van der Waals surface area contributed by atoms with Crippen LogP contribution in [0.4, 0.5) is 4.79 Å². The first kappa shape index (κ1) is 15.4. The molecule has 0 spiro atoms. The topological polar surface area (TPSA) is 104 Å². The van der Waals surface area contributed by atoms with E-state index in [2.05, 4.69) is 20.6 Å². The first-order valence-electron chi connectivity index (χ1n) is 6.14. The van der Waals surface area contributed by atoms with Crippen molar-refractivity contribution in [3.8, 4) is 0 Å². The predicted octanol–water partition coefficient (Wildman–Crippen LogP) is 1.65.